The summed E-state index contributed by atoms with van der Waals surface area (Å²) in [7, 11) is 3.17. The molecule has 192 valence electrons. The van der Waals surface area contributed by atoms with E-state index in [0.29, 0.717) is 46.0 Å². The Labute approximate surface area is 239 Å². The second kappa shape index (κ2) is 12.1. The molecule has 3 aromatic carbocycles. The molecule has 1 saturated heterocycles. The van der Waals surface area contributed by atoms with Gasteiger partial charge in [-0.3, -0.25) is 14.5 Å². The van der Waals surface area contributed by atoms with Crippen LogP contribution >= 0.6 is 46.4 Å². The second-order valence-electron chi connectivity index (χ2n) is 8.31. The summed E-state index contributed by atoms with van der Waals surface area (Å²) >= 11 is 14.0. The third-order valence-electron chi connectivity index (χ3n) is 6.02. The highest BCUT2D eigenvalue weighted by molar-refractivity contribution is 14.1. The molecule has 2 amide bonds. The summed E-state index contributed by atoms with van der Waals surface area (Å²) < 4.78 is 11.7. The molecule has 1 atom stereocenters. The van der Waals surface area contributed by atoms with E-state index in [-0.39, 0.29) is 18.2 Å². The molecular formula is C27H25ClIN3O4S. The topological polar surface area (TPSA) is 71.1 Å². The van der Waals surface area contributed by atoms with Gasteiger partial charge in [0, 0.05) is 15.1 Å². The number of rotatable bonds is 9. The number of amides is 2. The Bertz CT molecular complexity index is 1320. The first-order valence-electron chi connectivity index (χ1n) is 11.5. The first-order chi connectivity index (χ1) is 17.8. The summed E-state index contributed by atoms with van der Waals surface area (Å²) in [6.45, 7) is 0.435. The maximum atomic E-state index is 13.6. The van der Waals surface area contributed by atoms with Crippen molar-refractivity contribution >= 4 is 74.7 Å². The van der Waals surface area contributed by atoms with Crippen LogP contribution in [0.3, 0.4) is 0 Å². The van der Waals surface area contributed by atoms with Gasteiger partial charge in [-0.1, -0.05) is 29.8 Å². The van der Waals surface area contributed by atoms with Gasteiger partial charge in [0.05, 0.1) is 32.0 Å². The molecule has 1 aliphatic rings. The monoisotopic (exact) mass is 649 g/mol. The highest BCUT2D eigenvalue weighted by Gasteiger charge is 2.44. The molecule has 0 bridgehead atoms. The van der Waals surface area contributed by atoms with E-state index in [0.717, 1.165) is 9.13 Å². The van der Waals surface area contributed by atoms with Crippen LogP contribution in [0.1, 0.15) is 12.0 Å². The predicted octanol–water partition coefficient (Wildman–Crippen LogP) is 5.54. The lowest BCUT2D eigenvalue weighted by molar-refractivity contribution is -0.124. The third-order valence-corrected chi connectivity index (χ3v) is 7.63. The van der Waals surface area contributed by atoms with E-state index < -0.39 is 6.04 Å². The standard InChI is InChI=1S/C27H25ClIN3O4S/c1-35-23-12-7-17(15-24(23)36-2)13-14-31-22(16-25(33)30-21-6-4-3-5-20(21)29)26(34)32(27(31)37)19-10-8-18(28)9-11-19/h3-12,15,22H,13-14,16H2,1-2H3,(H,30,33)/t22-/m1/s1. The summed E-state index contributed by atoms with van der Waals surface area (Å²) in [5.74, 6) is 0.741. The molecule has 4 rings (SSSR count). The number of para-hydroxylation sites is 1. The van der Waals surface area contributed by atoms with E-state index in [1.54, 1.807) is 38.5 Å². The number of methoxy groups -OCH3 is 2. The minimum absolute atomic E-state index is 0.0417. The van der Waals surface area contributed by atoms with Crippen LogP contribution < -0.4 is 19.7 Å². The van der Waals surface area contributed by atoms with Crippen molar-refractivity contribution in [2.24, 2.45) is 0 Å². The minimum Gasteiger partial charge on any atom is -0.493 e. The molecule has 1 heterocycles. The number of nitrogens with zero attached hydrogens (tertiary/aromatic N) is 2. The van der Waals surface area contributed by atoms with E-state index >= 15 is 0 Å². The van der Waals surface area contributed by atoms with Crippen molar-refractivity contribution in [3.05, 3.63) is 80.9 Å². The number of anilines is 2. The normalized spacial score (nSPS) is 15.2. The summed E-state index contributed by atoms with van der Waals surface area (Å²) in [6, 6.07) is 19.3. The lowest BCUT2D eigenvalue weighted by Crippen LogP contribution is -2.39. The first-order valence-corrected chi connectivity index (χ1v) is 13.3. The summed E-state index contributed by atoms with van der Waals surface area (Å²) in [5, 5.41) is 3.82. The average Bonchev–Trinajstić information content (AvgIpc) is 3.12. The van der Waals surface area contributed by atoms with Crippen molar-refractivity contribution in [1.82, 2.24) is 4.90 Å². The zero-order valence-corrected chi connectivity index (χ0v) is 24.0. The first kappa shape index (κ1) is 27.2. The lowest BCUT2D eigenvalue weighted by atomic mass is 10.1. The Hall–Kier alpha value is -2.89. The largest absolute Gasteiger partial charge is 0.493 e. The van der Waals surface area contributed by atoms with Crippen LogP contribution in [0.2, 0.25) is 5.02 Å². The Morgan fingerprint density at radius 3 is 2.43 bits per heavy atom. The fraction of sp³-hybridized carbons (Fsp3) is 0.222. The van der Waals surface area contributed by atoms with Crippen LogP contribution in [0.5, 0.6) is 11.5 Å². The molecule has 1 N–H and O–H groups in total. The van der Waals surface area contributed by atoms with Crippen molar-refractivity contribution < 1.29 is 19.1 Å². The van der Waals surface area contributed by atoms with E-state index in [1.807, 2.05) is 47.4 Å². The van der Waals surface area contributed by atoms with E-state index in [2.05, 4.69) is 27.9 Å². The number of carbonyl (C=O) groups is 2. The molecule has 0 unspecified atom stereocenters. The van der Waals surface area contributed by atoms with Gasteiger partial charge < -0.3 is 19.7 Å². The molecule has 1 fully saturated rings. The number of hydrogen-bond donors (Lipinski definition) is 1. The van der Waals surface area contributed by atoms with Gasteiger partial charge >= 0.3 is 0 Å². The molecule has 7 nitrogen and oxygen atoms in total. The van der Waals surface area contributed by atoms with Crippen LogP contribution in [-0.2, 0) is 16.0 Å². The van der Waals surface area contributed by atoms with E-state index in [9.17, 15) is 9.59 Å². The smallest absolute Gasteiger partial charge is 0.256 e. The van der Waals surface area contributed by atoms with Crippen LogP contribution in [0, 0.1) is 3.57 Å². The quantitative estimate of drug-likeness (QED) is 0.243. The summed E-state index contributed by atoms with van der Waals surface area (Å²) in [6.07, 6.45) is 0.539. The number of halogens is 2. The van der Waals surface area contributed by atoms with Crippen LogP contribution in [-0.4, -0.2) is 48.6 Å². The Kier molecular flexibility index (Phi) is 8.88. The highest BCUT2D eigenvalue weighted by atomic mass is 127. The molecule has 0 aliphatic carbocycles. The lowest BCUT2D eigenvalue weighted by Gasteiger charge is -2.24. The molecule has 0 aromatic heterocycles. The van der Waals surface area contributed by atoms with Crippen molar-refractivity contribution in [2.75, 3.05) is 31.0 Å². The van der Waals surface area contributed by atoms with Crippen LogP contribution in [0.15, 0.2) is 66.7 Å². The van der Waals surface area contributed by atoms with Gasteiger partial charge in [-0.05, 0) is 95.3 Å². The molecule has 0 spiro atoms. The zero-order chi connectivity index (χ0) is 26.5. The number of carbonyl (C=O) groups excluding carboxylic acids is 2. The second-order valence-corrected chi connectivity index (χ2v) is 10.3. The highest BCUT2D eigenvalue weighted by Crippen LogP contribution is 2.31. The SMILES string of the molecule is COc1ccc(CCN2C(=S)N(c3ccc(Cl)cc3)C(=O)[C@H]2CC(=O)Nc2ccccc2I)cc1OC. The molecule has 0 radical (unpaired) electrons. The molecular weight excluding hydrogens is 625 g/mol. The number of thiocarbonyl (C=S) groups is 1. The average molecular weight is 650 g/mol. The third kappa shape index (κ3) is 6.16. The Morgan fingerprint density at radius 2 is 1.76 bits per heavy atom. The van der Waals surface area contributed by atoms with Crippen LogP contribution in [0.25, 0.3) is 0 Å². The summed E-state index contributed by atoms with van der Waals surface area (Å²) in [5.41, 5.74) is 2.29. The van der Waals surface area contributed by atoms with Gasteiger partial charge in [-0.2, -0.15) is 0 Å². The van der Waals surface area contributed by atoms with Crippen molar-refractivity contribution in [3.8, 4) is 11.5 Å². The Balaban J connectivity index is 1.57. The predicted molar refractivity (Wildman–Crippen MR) is 158 cm³/mol. The van der Waals surface area contributed by atoms with Gasteiger partial charge in [0.25, 0.3) is 5.91 Å². The molecule has 1 aliphatic heterocycles. The number of benzene rings is 3. The molecule has 10 heteroatoms. The van der Waals surface area contributed by atoms with Gasteiger partial charge in [-0.25, -0.2) is 0 Å². The van der Waals surface area contributed by atoms with Crippen molar-refractivity contribution in [3.63, 3.8) is 0 Å². The number of hydrogen-bond acceptors (Lipinski definition) is 5. The fourth-order valence-electron chi connectivity index (χ4n) is 4.14. The van der Waals surface area contributed by atoms with E-state index in [4.69, 9.17) is 33.3 Å². The van der Waals surface area contributed by atoms with Crippen molar-refractivity contribution in [1.29, 1.82) is 0 Å². The molecule has 0 saturated carbocycles. The maximum absolute atomic E-state index is 13.6. The van der Waals surface area contributed by atoms with Crippen LogP contribution in [0.4, 0.5) is 11.4 Å². The van der Waals surface area contributed by atoms with Gasteiger partial charge in [0.2, 0.25) is 5.91 Å². The van der Waals surface area contributed by atoms with Gasteiger partial charge in [0.15, 0.2) is 16.6 Å². The zero-order valence-electron chi connectivity index (χ0n) is 20.2. The van der Waals surface area contributed by atoms with Gasteiger partial charge in [-0.15, -0.1) is 0 Å². The maximum Gasteiger partial charge on any atom is 0.256 e. The molecule has 37 heavy (non-hydrogen) atoms. The van der Waals surface area contributed by atoms with Crippen molar-refractivity contribution in [2.45, 2.75) is 18.9 Å². The van der Waals surface area contributed by atoms with Gasteiger partial charge in [0.1, 0.15) is 6.04 Å². The number of nitrogens with one attached hydrogen (secondary N) is 1. The minimum atomic E-state index is -0.746. The summed E-state index contributed by atoms with van der Waals surface area (Å²) in [4.78, 5) is 29.9. The fourth-order valence-corrected chi connectivity index (χ4v) is 5.20. The molecule has 3 aromatic rings. The number of ether oxygens (including phenoxy) is 2. The Morgan fingerprint density at radius 1 is 1.05 bits per heavy atom. The van der Waals surface area contributed by atoms with E-state index in [1.165, 1.54) is 4.90 Å².